The Morgan fingerprint density at radius 3 is 2.29 bits per heavy atom. The first kappa shape index (κ1) is 13.8. The van der Waals surface area contributed by atoms with Gasteiger partial charge in [0.25, 0.3) is 0 Å². The maximum atomic E-state index is 14.1. The summed E-state index contributed by atoms with van der Waals surface area (Å²) in [5, 5.41) is 2.87. The van der Waals surface area contributed by atoms with Gasteiger partial charge in [0.15, 0.2) is 7.14 Å². The fourth-order valence-corrected chi connectivity index (χ4v) is 6.70. The average molecular weight is 326 g/mol. The lowest BCUT2D eigenvalue weighted by atomic mass is 10.0. The van der Waals surface area contributed by atoms with Gasteiger partial charge < -0.3 is 4.57 Å². The molecule has 0 bridgehead atoms. The largest absolute Gasteiger partial charge is 0.309 e. The Kier molecular flexibility index (Phi) is 2.83. The maximum Gasteiger partial charge on any atom is 0.172 e. The molecular formula is C22H15OP. The van der Waals surface area contributed by atoms with Crippen LogP contribution in [0.1, 0.15) is 11.1 Å². The second-order valence-corrected chi connectivity index (χ2v) is 8.91. The van der Waals surface area contributed by atoms with Gasteiger partial charge in [-0.2, -0.15) is 0 Å². The molecule has 114 valence electrons. The molecular weight excluding hydrogens is 311 g/mol. The lowest BCUT2D eigenvalue weighted by Gasteiger charge is -2.22. The third-order valence-electron chi connectivity index (χ3n) is 4.85. The summed E-state index contributed by atoms with van der Waals surface area (Å²) in [5.41, 5.74) is 4.41. The van der Waals surface area contributed by atoms with E-state index in [4.69, 9.17) is 0 Å². The van der Waals surface area contributed by atoms with E-state index in [0.717, 1.165) is 38.2 Å². The van der Waals surface area contributed by atoms with Crippen LogP contribution in [0.2, 0.25) is 0 Å². The summed E-state index contributed by atoms with van der Waals surface area (Å²) in [6.07, 6.45) is 6.17. The fourth-order valence-electron chi connectivity index (χ4n) is 3.65. The molecule has 0 aromatic heterocycles. The summed E-state index contributed by atoms with van der Waals surface area (Å²) in [7, 11) is -2.73. The maximum absolute atomic E-state index is 14.1. The van der Waals surface area contributed by atoms with Gasteiger partial charge in [0.05, 0.1) is 0 Å². The highest BCUT2D eigenvalue weighted by Crippen LogP contribution is 2.60. The molecule has 0 saturated carbocycles. The van der Waals surface area contributed by atoms with Crippen LogP contribution in [-0.2, 0) is 4.57 Å². The second-order valence-electron chi connectivity index (χ2n) is 6.21. The minimum atomic E-state index is -2.73. The molecule has 24 heavy (non-hydrogen) atoms. The normalized spacial score (nSPS) is 20.1. The molecule has 0 aliphatic carbocycles. The summed E-state index contributed by atoms with van der Waals surface area (Å²) >= 11 is 0. The van der Waals surface area contributed by atoms with Gasteiger partial charge in [-0.15, -0.1) is 0 Å². The van der Waals surface area contributed by atoms with Crippen molar-refractivity contribution in [2.75, 3.05) is 0 Å². The molecule has 2 heteroatoms. The van der Waals surface area contributed by atoms with Crippen LogP contribution in [-0.4, -0.2) is 0 Å². The summed E-state index contributed by atoms with van der Waals surface area (Å²) in [6, 6.07) is 24.6. The molecule has 1 atom stereocenters. The Balaban J connectivity index is 1.76. The summed E-state index contributed by atoms with van der Waals surface area (Å²) < 4.78 is 14.1. The Morgan fingerprint density at radius 2 is 1.42 bits per heavy atom. The lowest BCUT2D eigenvalue weighted by Crippen LogP contribution is -2.19. The van der Waals surface area contributed by atoms with Crippen molar-refractivity contribution in [2.24, 2.45) is 0 Å². The van der Waals surface area contributed by atoms with E-state index >= 15 is 0 Å². The highest BCUT2D eigenvalue weighted by atomic mass is 31.2. The molecule has 0 amide bonds. The highest BCUT2D eigenvalue weighted by molar-refractivity contribution is 7.83. The molecule has 3 aromatic carbocycles. The first-order chi connectivity index (χ1) is 11.8. The molecule has 2 aliphatic rings. The lowest BCUT2D eigenvalue weighted by molar-refractivity contribution is 0.591. The van der Waals surface area contributed by atoms with E-state index in [9.17, 15) is 4.57 Å². The Bertz CT molecular complexity index is 1070. The van der Waals surface area contributed by atoms with Crippen LogP contribution in [0.4, 0.5) is 0 Å². The minimum Gasteiger partial charge on any atom is -0.309 e. The Morgan fingerprint density at radius 1 is 0.625 bits per heavy atom. The number of rotatable bonds is 1. The van der Waals surface area contributed by atoms with E-state index in [-0.39, 0.29) is 0 Å². The number of fused-ring (bicyclic) bond motifs is 5. The van der Waals surface area contributed by atoms with Crippen molar-refractivity contribution in [3.05, 3.63) is 95.3 Å². The van der Waals surface area contributed by atoms with Crippen molar-refractivity contribution < 1.29 is 4.57 Å². The summed E-state index contributed by atoms with van der Waals surface area (Å²) in [6.45, 7) is 0. The van der Waals surface area contributed by atoms with Gasteiger partial charge in [0.1, 0.15) is 0 Å². The first-order valence-corrected chi connectivity index (χ1v) is 9.77. The third kappa shape index (κ3) is 1.79. The number of hydrogen-bond acceptors (Lipinski definition) is 1. The van der Waals surface area contributed by atoms with Crippen molar-refractivity contribution in [3.8, 4) is 11.1 Å². The first-order valence-electron chi connectivity index (χ1n) is 8.07. The average Bonchev–Trinajstić information content (AvgIpc) is 2.95. The fraction of sp³-hybridized carbons (Fsp3) is 0. The van der Waals surface area contributed by atoms with Crippen LogP contribution in [0.3, 0.4) is 0 Å². The molecule has 0 radical (unpaired) electrons. The molecule has 1 unspecified atom stereocenters. The Labute approximate surface area is 141 Å². The van der Waals surface area contributed by atoms with E-state index < -0.39 is 7.14 Å². The molecule has 0 N–H and O–H groups in total. The quantitative estimate of drug-likeness (QED) is 0.572. The predicted octanol–water partition coefficient (Wildman–Crippen LogP) is 5.05. The van der Waals surface area contributed by atoms with Gasteiger partial charge in [-0.25, -0.2) is 0 Å². The monoisotopic (exact) mass is 326 g/mol. The number of allylic oxidation sites excluding steroid dienone is 2. The van der Waals surface area contributed by atoms with Crippen molar-refractivity contribution in [2.45, 2.75) is 0 Å². The summed E-state index contributed by atoms with van der Waals surface area (Å²) in [5.74, 6) is 0. The smallest absolute Gasteiger partial charge is 0.172 e. The number of benzene rings is 3. The van der Waals surface area contributed by atoms with Crippen LogP contribution in [0.15, 0.2) is 84.2 Å². The molecule has 0 spiro atoms. The van der Waals surface area contributed by atoms with Gasteiger partial charge in [0.2, 0.25) is 0 Å². The Hall–Kier alpha value is -2.63. The van der Waals surface area contributed by atoms with Crippen molar-refractivity contribution >= 4 is 29.9 Å². The van der Waals surface area contributed by atoms with E-state index in [0.29, 0.717) is 0 Å². The zero-order valence-corrected chi connectivity index (χ0v) is 13.9. The molecule has 3 aromatic rings. The van der Waals surface area contributed by atoms with Crippen LogP contribution in [0.5, 0.6) is 0 Å². The van der Waals surface area contributed by atoms with Gasteiger partial charge in [-0.1, -0.05) is 78.9 Å². The zero-order chi connectivity index (χ0) is 16.1. The standard InChI is InChI=1S/C22H15OP/c23-24-20(13-12-17-8-4-5-9-21(17)24)14-19-11-10-18(15-22(19)24)16-6-2-1-3-7-16/h1-15H. The predicted molar refractivity (Wildman–Crippen MR) is 102 cm³/mol. The molecule has 0 fully saturated rings. The van der Waals surface area contributed by atoms with Gasteiger partial charge >= 0.3 is 0 Å². The van der Waals surface area contributed by atoms with Gasteiger partial charge in [-0.3, -0.25) is 0 Å². The molecule has 1 nitrogen and oxygen atoms in total. The van der Waals surface area contributed by atoms with Crippen LogP contribution >= 0.6 is 7.14 Å². The van der Waals surface area contributed by atoms with Crippen LogP contribution in [0.25, 0.3) is 23.3 Å². The third-order valence-corrected chi connectivity index (χ3v) is 8.01. The van der Waals surface area contributed by atoms with Crippen molar-refractivity contribution in [1.29, 1.82) is 0 Å². The second kappa shape index (κ2) is 4.93. The van der Waals surface area contributed by atoms with E-state index in [2.05, 4.69) is 42.5 Å². The van der Waals surface area contributed by atoms with Crippen molar-refractivity contribution in [3.63, 3.8) is 0 Å². The SMILES string of the molecule is O=P12C(=Cc3ccc(-c4ccccc4)cc31)C=Cc1ccccc12. The minimum absolute atomic E-state index is 0.946. The number of hydrogen-bond donors (Lipinski definition) is 0. The van der Waals surface area contributed by atoms with E-state index in [1.165, 1.54) is 0 Å². The van der Waals surface area contributed by atoms with Gasteiger partial charge in [0, 0.05) is 15.9 Å². The van der Waals surface area contributed by atoms with Crippen molar-refractivity contribution in [1.82, 2.24) is 0 Å². The van der Waals surface area contributed by atoms with E-state index in [1.54, 1.807) is 0 Å². The molecule has 2 aliphatic heterocycles. The molecule has 0 saturated heterocycles. The topological polar surface area (TPSA) is 17.1 Å². The van der Waals surface area contributed by atoms with Crippen LogP contribution in [0, 0.1) is 0 Å². The summed E-state index contributed by atoms with van der Waals surface area (Å²) in [4.78, 5) is 0. The molecule has 5 rings (SSSR count). The highest BCUT2D eigenvalue weighted by Gasteiger charge is 2.39. The van der Waals surface area contributed by atoms with Gasteiger partial charge in [-0.05, 0) is 34.4 Å². The van der Waals surface area contributed by atoms with E-state index in [1.807, 2.05) is 48.5 Å². The molecule has 2 heterocycles. The van der Waals surface area contributed by atoms with Crippen LogP contribution < -0.4 is 10.6 Å². The zero-order valence-electron chi connectivity index (χ0n) is 13.0.